The number of hydrogen-bond donors (Lipinski definition) is 2. The van der Waals surface area contributed by atoms with Gasteiger partial charge in [0.1, 0.15) is 11.2 Å². The summed E-state index contributed by atoms with van der Waals surface area (Å²) in [5.41, 5.74) is 3.11. The molecule has 8 rings (SSSR count). The first kappa shape index (κ1) is 46.4. The zero-order chi connectivity index (χ0) is 43.9. The van der Waals surface area contributed by atoms with E-state index in [1.54, 1.807) is 23.1 Å². The van der Waals surface area contributed by atoms with Crippen molar-refractivity contribution in [2.45, 2.75) is 51.5 Å². The van der Waals surface area contributed by atoms with Crippen molar-refractivity contribution in [1.29, 1.82) is 0 Å². The van der Waals surface area contributed by atoms with Gasteiger partial charge in [-0.2, -0.15) is 21.4 Å². The van der Waals surface area contributed by atoms with Crippen LogP contribution in [0.2, 0.25) is 0 Å². The number of thioether (sulfide) groups is 3. The van der Waals surface area contributed by atoms with E-state index in [4.69, 9.17) is 0 Å². The van der Waals surface area contributed by atoms with Gasteiger partial charge in [0.2, 0.25) is 10.6 Å². The van der Waals surface area contributed by atoms with Crippen molar-refractivity contribution in [3.8, 4) is 0 Å². The molecule has 0 radical (unpaired) electrons. The highest BCUT2D eigenvalue weighted by Gasteiger charge is 2.29. The van der Waals surface area contributed by atoms with Gasteiger partial charge in [0, 0.05) is 54.2 Å². The van der Waals surface area contributed by atoms with Crippen LogP contribution in [0.1, 0.15) is 45.0 Å². The summed E-state index contributed by atoms with van der Waals surface area (Å²) >= 11 is 7.21. The molecule has 16 heteroatoms. The maximum atomic E-state index is 11.5. The van der Waals surface area contributed by atoms with Crippen LogP contribution in [0, 0.1) is 0 Å². The van der Waals surface area contributed by atoms with E-state index in [0.29, 0.717) is 13.1 Å². The molecule has 1 saturated heterocycles. The third-order valence-corrected chi connectivity index (χ3v) is 16.9. The Bertz CT molecular complexity index is 2830. The summed E-state index contributed by atoms with van der Waals surface area (Å²) in [6.45, 7) is 12.0. The summed E-state index contributed by atoms with van der Waals surface area (Å²) in [6.07, 6.45) is 12.3. The number of aryl methyl sites for hydroxylation is 1. The number of benzene rings is 4. The number of nitrogens with zero attached hydrogens (tertiary/aromatic N) is 4. The minimum atomic E-state index is -4.09. The molecule has 4 aromatic carbocycles. The predicted molar refractivity (Wildman–Crippen MR) is 265 cm³/mol. The van der Waals surface area contributed by atoms with Gasteiger partial charge in [-0.15, -0.1) is 11.8 Å². The molecule has 0 atom stereocenters. The predicted octanol–water partition coefficient (Wildman–Crippen LogP) is 9.93. The van der Waals surface area contributed by atoms with Crippen molar-refractivity contribution >= 4 is 115 Å². The SMILES string of the molecule is CCC(=C\c1sc2ccc3ccccc3c2[n+]1CCCS(=O)(=O)O)/C=C1/Sc2ccc3ccccc3c2N1CCCS(=O)(=O)O.CCN1CCS/C1=C/C=C/C1=[N+](CC)CCS1. The molecule has 0 spiro atoms. The number of hydrogen-bond acceptors (Lipinski definition) is 10. The summed E-state index contributed by atoms with van der Waals surface area (Å²) < 4.78 is 70.7. The topological polar surface area (TPSA) is 122 Å². The van der Waals surface area contributed by atoms with Crippen molar-refractivity contribution in [2.24, 2.45) is 0 Å². The summed E-state index contributed by atoms with van der Waals surface area (Å²) in [4.78, 5) is 5.67. The Morgan fingerprint density at radius 3 is 2.26 bits per heavy atom. The molecule has 1 aromatic heterocycles. The molecule has 2 N–H and O–H groups in total. The molecule has 10 nitrogen and oxygen atoms in total. The Hall–Kier alpha value is -3.61. The monoisotopic (exact) mass is 950 g/mol. The second-order valence-electron chi connectivity index (χ2n) is 15.0. The fourth-order valence-electron chi connectivity index (χ4n) is 7.85. The number of fused-ring (bicyclic) bond motifs is 6. The first-order valence-corrected chi connectivity index (χ1v) is 27.8. The first-order chi connectivity index (χ1) is 29.9. The average molecular weight is 951 g/mol. The van der Waals surface area contributed by atoms with E-state index in [-0.39, 0.29) is 24.3 Å². The van der Waals surface area contributed by atoms with Gasteiger partial charge in [-0.05, 0) is 73.4 Å². The quantitative estimate of drug-likeness (QED) is 0.0771. The van der Waals surface area contributed by atoms with E-state index in [0.717, 1.165) is 77.5 Å². The summed E-state index contributed by atoms with van der Waals surface area (Å²) in [5.74, 6) is 1.83. The Labute approximate surface area is 382 Å². The zero-order valence-corrected chi connectivity index (χ0v) is 40.2. The van der Waals surface area contributed by atoms with E-state index >= 15 is 0 Å². The van der Waals surface area contributed by atoms with Gasteiger partial charge in [-0.3, -0.25) is 9.11 Å². The van der Waals surface area contributed by atoms with Gasteiger partial charge in [-0.25, -0.2) is 4.58 Å². The van der Waals surface area contributed by atoms with E-state index < -0.39 is 20.2 Å². The van der Waals surface area contributed by atoms with Crippen LogP contribution in [0.25, 0.3) is 37.8 Å². The molecule has 62 heavy (non-hydrogen) atoms. The average Bonchev–Trinajstić information content (AvgIpc) is 4.06. The van der Waals surface area contributed by atoms with Crippen LogP contribution in [-0.2, 0) is 26.8 Å². The van der Waals surface area contributed by atoms with Crippen molar-refractivity contribution in [1.82, 2.24) is 4.90 Å². The minimum Gasteiger partial charge on any atom is -0.366 e. The van der Waals surface area contributed by atoms with Crippen molar-refractivity contribution in [3.63, 3.8) is 0 Å². The Morgan fingerprint density at radius 1 is 0.823 bits per heavy atom. The fourth-order valence-corrected chi connectivity index (χ4v) is 13.4. The van der Waals surface area contributed by atoms with Gasteiger partial charge in [0.15, 0.2) is 13.1 Å². The second-order valence-corrected chi connectivity index (χ2v) is 22.5. The summed E-state index contributed by atoms with van der Waals surface area (Å²) in [5, 5.41) is 9.12. The van der Waals surface area contributed by atoms with Gasteiger partial charge in [-0.1, -0.05) is 102 Å². The third kappa shape index (κ3) is 11.5. The van der Waals surface area contributed by atoms with Crippen LogP contribution in [0.3, 0.4) is 0 Å². The van der Waals surface area contributed by atoms with Crippen molar-refractivity contribution in [3.05, 3.63) is 118 Å². The number of rotatable bonds is 15. The Morgan fingerprint density at radius 2 is 1.53 bits per heavy atom. The van der Waals surface area contributed by atoms with Crippen LogP contribution in [0.4, 0.5) is 5.69 Å². The van der Waals surface area contributed by atoms with Gasteiger partial charge < -0.3 is 9.80 Å². The first-order valence-electron chi connectivity index (χ1n) is 21.0. The van der Waals surface area contributed by atoms with Crippen LogP contribution >= 0.6 is 46.6 Å². The summed E-state index contributed by atoms with van der Waals surface area (Å²) in [6, 6.07) is 24.6. The lowest BCUT2D eigenvalue weighted by Crippen LogP contribution is -2.36. The molecular formula is C46H54N4O6S6+2. The van der Waals surface area contributed by atoms with Crippen LogP contribution < -0.4 is 9.47 Å². The fraction of sp³-hybridized carbons (Fsp3) is 0.348. The Kier molecular flexibility index (Phi) is 15.7. The molecule has 3 aliphatic rings. The number of thiazole rings is 1. The smallest absolute Gasteiger partial charge is 0.265 e. The van der Waals surface area contributed by atoms with E-state index in [2.05, 4.69) is 119 Å². The molecule has 328 valence electrons. The molecular weight excluding hydrogens is 897 g/mol. The molecule has 0 unspecified atom stereocenters. The largest absolute Gasteiger partial charge is 0.366 e. The van der Waals surface area contributed by atoms with Crippen molar-refractivity contribution < 1.29 is 35.1 Å². The number of aromatic nitrogens is 1. The molecule has 0 amide bonds. The Balaban J connectivity index is 0.000000284. The molecule has 1 fully saturated rings. The molecule has 0 saturated carbocycles. The minimum absolute atomic E-state index is 0.266. The van der Waals surface area contributed by atoms with Crippen LogP contribution in [0.15, 0.2) is 118 Å². The number of anilines is 1. The summed E-state index contributed by atoms with van der Waals surface area (Å²) in [7, 11) is -8.18. The molecule has 3 aliphatic heterocycles. The number of allylic oxidation sites excluding steroid dienone is 4. The molecule has 5 aromatic rings. The van der Waals surface area contributed by atoms with Gasteiger partial charge >= 0.3 is 0 Å². The van der Waals surface area contributed by atoms with Crippen LogP contribution in [-0.4, -0.2) is 96.2 Å². The van der Waals surface area contributed by atoms with E-state index in [1.165, 1.54) is 34.7 Å². The highest BCUT2D eigenvalue weighted by molar-refractivity contribution is 8.14. The third-order valence-electron chi connectivity index (χ3n) is 10.9. The molecule has 0 aliphatic carbocycles. The highest BCUT2D eigenvalue weighted by atomic mass is 32.2. The maximum Gasteiger partial charge on any atom is 0.265 e. The van der Waals surface area contributed by atoms with E-state index in [9.17, 15) is 25.9 Å². The standard InChI is InChI=1S/C33H32N2O6S4.C13H21N2S2/c1-2-23(21-30-34(17-7-19-44(36,37)38)32-26-11-5-3-9-24(26)13-15-28(32)42-30)22-31-35(18-8-20-45(39,40)41)33-27-12-6-4-10-25(27)14-16-29(33)43-31;1-3-14-8-10-16-12(14)6-5-7-13-15(4-2)9-11-17-13/h3-6,9-16,21-22H,2,7-8,17-20H2,1H3,(H-,36,37,38,39,40,41);5-7H,3-4,8-11H2,1-2H3/q;+1/p+1. The van der Waals surface area contributed by atoms with E-state index in [1.807, 2.05) is 47.8 Å². The second kappa shape index (κ2) is 20.9. The van der Waals surface area contributed by atoms with Gasteiger partial charge in [0.05, 0.1) is 38.4 Å². The van der Waals surface area contributed by atoms with Crippen molar-refractivity contribution in [2.75, 3.05) is 60.6 Å². The lowest BCUT2D eigenvalue weighted by molar-refractivity contribution is -0.667. The lowest BCUT2D eigenvalue weighted by Gasteiger charge is -2.22. The molecule has 4 heterocycles. The normalized spacial score (nSPS) is 17.5. The zero-order valence-electron chi connectivity index (χ0n) is 35.3. The van der Waals surface area contributed by atoms with Crippen LogP contribution in [0.5, 0.6) is 0 Å². The van der Waals surface area contributed by atoms with Gasteiger partial charge in [0.25, 0.3) is 25.2 Å². The lowest BCUT2D eigenvalue weighted by atomic mass is 10.1. The maximum absolute atomic E-state index is 11.5. The molecule has 0 bridgehead atoms. The highest BCUT2D eigenvalue weighted by Crippen LogP contribution is 2.50.